The van der Waals surface area contributed by atoms with E-state index in [0.29, 0.717) is 17.9 Å². The van der Waals surface area contributed by atoms with Crippen LogP contribution in [0, 0.1) is 5.82 Å². The molecule has 1 aromatic heterocycles. The molecule has 17 heavy (non-hydrogen) atoms. The summed E-state index contributed by atoms with van der Waals surface area (Å²) in [5, 5.41) is 0. The molecule has 0 aliphatic heterocycles. The fourth-order valence-corrected chi connectivity index (χ4v) is 1.56. The SMILES string of the molecule is CCCOc1ccc(F)cc1-c1ccccn1. The lowest BCUT2D eigenvalue weighted by atomic mass is 10.1. The molecule has 0 amide bonds. The number of hydrogen-bond donors (Lipinski definition) is 0. The van der Waals surface area contributed by atoms with Gasteiger partial charge in [0.05, 0.1) is 12.3 Å². The van der Waals surface area contributed by atoms with Crippen LogP contribution in [-0.2, 0) is 0 Å². The largest absolute Gasteiger partial charge is 0.493 e. The van der Waals surface area contributed by atoms with Crippen LogP contribution in [0.2, 0.25) is 0 Å². The van der Waals surface area contributed by atoms with E-state index in [1.165, 1.54) is 12.1 Å². The van der Waals surface area contributed by atoms with E-state index in [2.05, 4.69) is 4.98 Å². The standard InChI is InChI=1S/C14H14FNO/c1-2-9-17-14-7-6-11(15)10-12(14)13-5-3-4-8-16-13/h3-8,10H,2,9H2,1H3. The first kappa shape index (κ1) is 11.6. The molecule has 0 spiro atoms. The second kappa shape index (κ2) is 5.43. The van der Waals surface area contributed by atoms with Crippen LogP contribution in [0.4, 0.5) is 4.39 Å². The minimum Gasteiger partial charge on any atom is -0.493 e. The predicted molar refractivity (Wildman–Crippen MR) is 65.4 cm³/mol. The molecule has 0 unspecified atom stereocenters. The molecule has 3 heteroatoms. The Kier molecular flexibility index (Phi) is 3.70. The number of rotatable bonds is 4. The van der Waals surface area contributed by atoms with Crippen LogP contribution in [0.1, 0.15) is 13.3 Å². The van der Waals surface area contributed by atoms with Crippen molar-refractivity contribution in [3.63, 3.8) is 0 Å². The summed E-state index contributed by atoms with van der Waals surface area (Å²) < 4.78 is 18.9. The van der Waals surface area contributed by atoms with Gasteiger partial charge >= 0.3 is 0 Å². The lowest BCUT2D eigenvalue weighted by Gasteiger charge is -2.10. The predicted octanol–water partition coefficient (Wildman–Crippen LogP) is 3.68. The minimum absolute atomic E-state index is 0.283. The normalized spacial score (nSPS) is 10.2. The van der Waals surface area contributed by atoms with Crippen LogP contribution in [0.5, 0.6) is 5.75 Å². The lowest BCUT2D eigenvalue weighted by Crippen LogP contribution is -1.98. The van der Waals surface area contributed by atoms with Gasteiger partial charge < -0.3 is 4.74 Å². The van der Waals surface area contributed by atoms with E-state index in [1.807, 2.05) is 25.1 Å². The number of aromatic nitrogens is 1. The van der Waals surface area contributed by atoms with Gasteiger partial charge in [-0.2, -0.15) is 0 Å². The average molecular weight is 231 g/mol. The number of ether oxygens (including phenoxy) is 1. The molecule has 0 saturated heterocycles. The molecule has 0 aliphatic carbocycles. The van der Waals surface area contributed by atoms with Gasteiger partial charge in [-0.25, -0.2) is 4.39 Å². The summed E-state index contributed by atoms with van der Waals surface area (Å²) in [7, 11) is 0. The molecule has 0 radical (unpaired) electrons. The molecule has 0 fully saturated rings. The van der Waals surface area contributed by atoms with Crippen LogP contribution < -0.4 is 4.74 Å². The smallest absolute Gasteiger partial charge is 0.128 e. The van der Waals surface area contributed by atoms with Crippen molar-refractivity contribution in [2.45, 2.75) is 13.3 Å². The first-order valence-electron chi connectivity index (χ1n) is 5.65. The number of benzene rings is 1. The number of pyridine rings is 1. The second-order valence-electron chi connectivity index (χ2n) is 3.70. The van der Waals surface area contributed by atoms with Gasteiger partial charge in [0.25, 0.3) is 0 Å². The van der Waals surface area contributed by atoms with Crippen LogP contribution in [0.25, 0.3) is 11.3 Å². The van der Waals surface area contributed by atoms with Crippen molar-refractivity contribution in [2.75, 3.05) is 6.61 Å². The zero-order chi connectivity index (χ0) is 12.1. The summed E-state index contributed by atoms with van der Waals surface area (Å²) in [4.78, 5) is 4.21. The van der Waals surface area contributed by atoms with Gasteiger partial charge in [0.15, 0.2) is 0 Å². The molecule has 2 rings (SSSR count). The fraction of sp³-hybridized carbons (Fsp3) is 0.214. The summed E-state index contributed by atoms with van der Waals surface area (Å²) in [6, 6.07) is 10.0. The highest BCUT2D eigenvalue weighted by molar-refractivity contribution is 5.66. The van der Waals surface area contributed by atoms with Crippen molar-refractivity contribution in [1.82, 2.24) is 4.98 Å². The highest BCUT2D eigenvalue weighted by Gasteiger charge is 2.08. The first-order chi connectivity index (χ1) is 8.31. The van der Waals surface area contributed by atoms with Crippen molar-refractivity contribution in [1.29, 1.82) is 0 Å². The molecule has 0 saturated carbocycles. The van der Waals surface area contributed by atoms with Gasteiger partial charge in [-0.05, 0) is 36.8 Å². The molecule has 1 heterocycles. The Balaban J connectivity index is 2.40. The second-order valence-corrected chi connectivity index (χ2v) is 3.70. The van der Waals surface area contributed by atoms with Crippen LogP contribution in [-0.4, -0.2) is 11.6 Å². The fourth-order valence-electron chi connectivity index (χ4n) is 1.56. The van der Waals surface area contributed by atoms with E-state index in [0.717, 1.165) is 12.1 Å². The Morgan fingerprint density at radius 1 is 1.24 bits per heavy atom. The maximum Gasteiger partial charge on any atom is 0.128 e. The van der Waals surface area contributed by atoms with Crippen molar-refractivity contribution >= 4 is 0 Å². The van der Waals surface area contributed by atoms with Crippen LogP contribution >= 0.6 is 0 Å². The van der Waals surface area contributed by atoms with E-state index in [-0.39, 0.29) is 5.82 Å². The first-order valence-corrected chi connectivity index (χ1v) is 5.65. The van der Waals surface area contributed by atoms with Gasteiger partial charge in [0.2, 0.25) is 0 Å². The van der Waals surface area contributed by atoms with Crippen LogP contribution in [0.3, 0.4) is 0 Å². The molecule has 2 nitrogen and oxygen atoms in total. The van der Waals surface area contributed by atoms with E-state index >= 15 is 0 Å². The van der Waals surface area contributed by atoms with Crippen molar-refractivity contribution in [2.24, 2.45) is 0 Å². The monoisotopic (exact) mass is 231 g/mol. The maximum atomic E-state index is 13.3. The van der Waals surface area contributed by atoms with Gasteiger partial charge in [0, 0.05) is 11.8 Å². The summed E-state index contributed by atoms with van der Waals surface area (Å²) in [6.07, 6.45) is 2.60. The van der Waals surface area contributed by atoms with E-state index in [4.69, 9.17) is 4.74 Å². The molecule has 1 aromatic carbocycles. The highest BCUT2D eigenvalue weighted by atomic mass is 19.1. The summed E-state index contributed by atoms with van der Waals surface area (Å²) >= 11 is 0. The molecule has 0 aliphatic rings. The quantitative estimate of drug-likeness (QED) is 0.800. The molecule has 0 N–H and O–H groups in total. The molecule has 2 aromatic rings. The molecule has 88 valence electrons. The molecule has 0 bridgehead atoms. The van der Waals surface area contributed by atoms with Gasteiger partial charge in [0.1, 0.15) is 11.6 Å². The zero-order valence-corrected chi connectivity index (χ0v) is 9.69. The van der Waals surface area contributed by atoms with E-state index in [1.54, 1.807) is 12.3 Å². The van der Waals surface area contributed by atoms with Crippen molar-refractivity contribution in [3.05, 3.63) is 48.4 Å². The number of nitrogens with zero attached hydrogens (tertiary/aromatic N) is 1. The van der Waals surface area contributed by atoms with Crippen molar-refractivity contribution < 1.29 is 9.13 Å². The topological polar surface area (TPSA) is 22.1 Å². The van der Waals surface area contributed by atoms with Crippen LogP contribution in [0.15, 0.2) is 42.6 Å². The summed E-state index contributed by atoms with van der Waals surface area (Å²) in [5.41, 5.74) is 1.41. The summed E-state index contributed by atoms with van der Waals surface area (Å²) in [6.45, 7) is 2.65. The Labute approximate surface area is 100 Å². The Hall–Kier alpha value is -1.90. The Morgan fingerprint density at radius 3 is 2.82 bits per heavy atom. The molecular weight excluding hydrogens is 217 g/mol. The number of halogens is 1. The summed E-state index contributed by atoms with van der Waals surface area (Å²) in [5.74, 6) is 0.390. The third kappa shape index (κ3) is 2.81. The third-order valence-corrected chi connectivity index (χ3v) is 2.34. The number of hydrogen-bond acceptors (Lipinski definition) is 2. The Morgan fingerprint density at radius 2 is 2.12 bits per heavy atom. The minimum atomic E-state index is -0.283. The average Bonchev–Trinajstić information content (AvgIpc) is 2.38. The van der Waals surface area contributed by atoms with Gasteiger partial charge in [-0.1, -0.05) is 13.0 Å². The Bertz CT molecular complexity index is 485. The lowest BCUT2D eigenvalue weighted by molar-refractivity contribution is 0.318. The van der Waals surface area contributed by atoms with E-state index < -0.39 is 0 Å². The molecule has 0 atom stereocenters. The van der Waals surface area contributed by atoms with Gasteiger partial charge in [-0.15, -0.1) is 0 Å². The highest BCUT2D eigenvalue weighted by Crippen LogP contribution is 2.29. The zero-order valence-electron chi connectivity index (χ0n) is 9.69. The maximum absolute atomic E-state index is 13.3. The third-order valence-electron chi connectivity index (χ3n) is 2.34. The van der Waals surface area contributed by atoms with Gasteiger partial charge in [-0.3, -0.25) is 4.98 Å². The van der Waals surface area contributed by atoms with Crippen molar-refractivity contribution in [3.8, 4) is 17.0 Å². The van der Waals surface area contributed by atoms with E-state index in [9.17, 15) is 4.39 Å². The molecular formula is C14H14FNO.